The van der Waals surface area contributed by atoms with Crippen molar-refractivity contribution in [2.45, 2.75) is 38.1 Å². The van der Waals surface area contributed by atoms with Gasteiger partial charge < -0.3 is 14.4 Å². The minimum absolute atomic E-state index is 0.212. The third-order valence-corrected chi connectivity index (χ3v) is 5.15. The van der Waals surface area contributed by atoms with Crippen LogP contribution in [0.2, 0.25) is 0 Å². The van der Waals surface area contributed by atoms with Crippen molar-refractivity contribution in [2.75, 3.05) is 46.8 Å². The van der Waals surface area contributed by atoms with Gasteiger partial charge in [0.1, 0.15) is 11.6 Å². The largest absolute Gasteiger partial charge is 0.341 e. The number of carbonyl (C=O) groups is 1. The van der Waals surface area contributed by atoms with E-state index >= 15 is 0 Å². The van der Waals surface area contributed by atoms with Crippen LogP contribution in [0.25, 0.3) is 0 Å². The van der Waals surface area contributed by atoms with Crippen LogP contribution in [0.5, 0.6) is 0 Å². The van der Waals surface area contributed by atoms with Crippen LogP contribution in [0.15, 0.2) is 0 Å². The predicted molar refractivity (Wildman–Crippen MR) is 92.6 cm³/mol. The van der Waals surface area contributed by atoms with Crippen LogP contribution in [0.4, 0.5) is 0 Å². The van der Waals surface area contributed by atoms with Crippen molar-refractivity contribution in [3.05, 3.63) is 11.6 Å². The fourth-order valence-electron chi connectivity index (χ4n) is 3.79. The molecule has 2 saturated heterocycles. The van der Waals surface area contributed by atoms with Gasteiger partial charge in [-0.05, 0) is 52.9 Å². The molecule has 1 aromatic rings. The number of nitrogens with zero attached hydrogens (tertiary/aromatic N) is 6. The van der Waals surface area contributed by atoms with Crippen LogP contribution >= 0.6 is 0 Å². The second-order valence-corrected chi connectivity index (χ2v) is 7.43. The zero-order valence-electron chi connectivity index (χ0n) is 15.2. The molecule has 3 rings (SSSR count). The Bertz CT molecular complexity index is 563. The van der Waals surface area contributed by atoms with E-state index in [1.807, 2.05) is 23.9 Å². The maximum absolute atomic E-state index is 12.3. The second-order valence-electron chi connectivity index (χ2n) is 7.43. The summed E-state index contributed by atoms with van der Waals surface area (Å²) in [5, 5.41) is 8.91. The molecule has 2 fully saturated rings. The molecule has 0 bridgehead atoms. The fraction of sp³-hybridized carbons (Fsp3) is 0.824. The first-order valence-corrected chi connectivity index (χ1v) is 9.07. The Labute approximate surface area is 144 Å². The monoisotopic (exact) mass is 334 g/mol. The minimum atomic E-state index is 0.212. The van der Waals surface area contributed by atoms with E-state index in [-0.39, 0.29) is 5.91 Å². The zero-order valence-corrected chi connectivity index (χ0v) is 15.2. The first-order valence-electron chi connectivity index (χ1n) is 9.07. The quantitative estimate of drug-likeness (QED) is 0.792. The summed E-state index contributed by atoms with van der Waals surface area (Å²) in [4.78, 5) is 18.7. The van der Waals surface area contributed by atoms with Gasteiger partial charge in [-0.25, -0.2) is 0 Å². The van der Waals surface area contributed by atoms with Crippen molar-refractivity contribution in [1.29, 1.82) is 0 Å². The fourth-order valence-corrected chi connectivity index (χ4v) is 3.79. The van der Waals surface area contributed by atoms with Gasteiger partial charge in [0.15, 0.2) is 0 Å². The van der Waals surface area contributed by atoms with Gasteiger partial charge in [0.2, 0.25) is 5.91 Å². The first-order chi connectivity index (χ1) is 11.5. The lowest BCUT2D eigenvalue weighted by Gasteiger charge is -2.33. The Balaban J connectivity index is 1.65. The molecule has 3 heterocycles. The highest BCUT2D eigenvalue weighted by Gasteiger charge is 2.28. The molecule has 2 aliphatic rings. The lowest BCUT2D eigenvalue weighted by molar-refractivity contribution is -0.133. The number of hydrogen-bond acceptors (Lipinski definition) is 5. The maximum atomic E-state index is 12.3. The molecule has 0 unspecified atom stereocenters. The molecular weight excluding hydrogens is 304 g/mol. The van der Waals surface area contributed by atoms with Crippen LogP contribution in [-0.4, -0.2) is 82.2 Å². The molecule has 0 aromatic carbocycles. The molecule has 0 N–H and O–H groups in total. The second kappa shape index (κ2) is 7.61. The molecule has 2 aliphatic heterocycles. The van der Waals surface area contributed by atoms with Crippen molar-refractivity contribution in [2.24, 2.45) is 7.05 Å². The minimum Gasteiger partial charge on any atom is -0.341 e. The molecule has 0 spiro atoms. The van der Waals surface area contributed by atoms with E-state index in [9.17, 15) is 4.79 Å². The molecular formula is C17H30N6O. The summed E-state index contributed by atoms with van der Waals surface area (Å²) in [6.45, 7) is 5.33. The van der Waals surface area contributed by atoms with Crippen LogP contribution in [-0.2, 0) is 18.4 Å². The number of likely N-dealkylation sites (N-methyl/N-ethyl adjacent to an activating group) is 1. The number of hydrogen-bond donors (Lipinski definition) is 0. The van der Waals surface area contributed by atoms with E-state index in [0.29, 0.717) is 12.5 Å². The lowest BCUT2D eigenvalue weighted by atomic mass is 9.97. The van der Waals surface area contributed by atoms with Crippen molar-refractivity contribution >= 4 is 5.91 Å². The normalized spacial score (nSPS) is 22.5. The number of carbonyl (C=O) groups excluding carboxylic acids is 1. The number of likely N-dealkylation sites (tertiary alicyclic amines) is 2. The molecule has 0 radical (unpaired) electrons. The molecule has 0 aliphatic carbocycles. The van der Waals surface area contributed by atoms with E-state index in [1.165, 1.54) is 25.9 Å². The molecule has 7 heteroatoms. The molecule has 0 saturated carbocycles. The first kappa shape index (κ1) is 17.4. The van der Waals surface area contributed by atoms with Crippen LogP contribution in [0.3, 0.4) is 0 Å². The molecule has 1 atom stereocenters. The standard InChI is InChI=1S/C17H30N6O/c1-20(2)13-16(24)23-10-6-7-14(11-23)17-19-18-15(21(17)3)12-22-8-4-5-9-22/h14H,4-13H2,1-3H3/t14-/m0/s1. The average molecular weight is 334 g/mol. The van der Waals surface area contributed by atoms with E-state index in [4.69, 9.17) is 0 Å². The summed E-state index contributed by atoms with van der Waals surface area (Å²) >= 11 is 0. The van der Waals surface area contributed by atoms with Crippen LogP contribution < -0.4 is 0 Å². The Kier molecular flexibility index (Phi) is 5.50. The van der Waals surface area contributed by atoms with Gasteiger partial charge in [-0.2, -0.15) is 0 Å². The predicted octanol–water partition coefficient (Wildman–Crippen LogP) is 0.679. The Morgan fingerprint density at radius 3 is 2.62 bits per heavy atom. The summed E-state index contributed by atoms with van der Waals surface area (Å²) in [6, 6.07) is 0. The van der Waals surface area contributed by atoms with E-state index in [2.05, 4.69) is 26.7 Å². The average Bonchev–Trinajstić information content (AvgIpc) is 3.18. The number of rotatable bonds is 5. The van der Waals surface area contributed by atoms with Gasteiger partial charge in [-0.3, -0.25) is 9.69 Å². The zero-order chi connectivity index (χ0) is 17.1. The van der Waals surface area contributed by atoms with E-state index in [0.717, 1.165) is 44.1 Å². The van der Waals surface area contributed by atoms with Crippen LogP contribution in [0.1, 0.15) is 43.3 Å². The summed E-state index contributed by atoms with van der Waals surface area (Å²) < 4.78 is 2.16. The maximum Gasteiger partial charge on any atom is 0.236 e. The molecule has 134 valence electrons. The number of amides is 1. The van der Waals surface area contributed by atoms with Gasteiger partial charge in [-0.15, -0.1) is 10.2 Å². The highest BCUT2D eigenvalue weighted by molar-refractivity contribution is 5.78. The van der Waals surface area contributed by atoms with Crippen molar-refractivity contribution in [1.82, 2.24) is 29.5 Å². The molecule has 1 aromatic heterocycles. The SMILES string of the molecule is CN(C)CC(=O)N1CCC[C@H](c2nnc(CN3CCCC3)n2C)C1. The summed E-state index contributed by atoms with van der Waals surface area (Å²) in [5.74, 6) is 2.59. The molecule has 1 amide bonds. The highest BCUT2D eigenvalue weighted by Crippen LogP contribution is 2.26. The van der Waals surface area contributed by atoms with Crippen molar-refractivity contribution in [3.8, 4) is 0 Å². The van der Waals surface area contributed by atoms with E-state index in [1.54, 1.807) is 0 Å². The topological polar surface area (TPSA) is 57.5 Å². The van der Waals surface area contributed by atoms with Gasteiger partial charge in [0.05, 0.1) is 13.1 Å². The summed E-state index contributed by atoms with van der Waals surface area (Å²) in [5.41, 5.74) is 0. The van der Waals surface area contributed by atoms with Gasteiger partial charge in [0.25, 0.3) is 0 Å². The number of piperidine rings is 1. The number of aromatic nitrogens is 3. The van der Waals surface area contributed by atoms with Crippen molar-refractivity contribution in [3.63, 3.8) is 0 Å². The van der Waals surface area contributed by atoms with Gasteiger partial charge in [-0.1, -0.05) is 0 Å². The summed E-state index contributed by atoms with van der Waals surface area (Å²) in [7, 11) is 5.95. The summed E-state index contributed by atoms with van der Waals surface area (Å²) in [6.07, 6.45) is 4.70. The molecule has 7 nitrogen and oxygen atoms in total. The third-order valence-electron chi connectivity index (χ3n) is 5.15. The lowest BCUT2D eigenvalue weighted by Crippen LogP contribution is -2.43. The smallest absolute Gasteiger partial charge is 0.236 e. The Hall–Kier alpha value is -1.47. The Morgan fingerprint density at radius 2 is 1.92 bits per heavy atom. The highest BCUT2D eigenvalue weighted by atomic mass is 16.2. The Morgan fingerprint density at radius 1 is 1.17 bits per heavy atom. The van der Waals surface area contributed by atoms with Gasteiger partial charge in [0, 0.05) is 26.1 Å². The third kappa shape index (κ3) is 3.95. The van der Waals surface area contributed by atoms with E-state index < -0.39 is 0 Å². The van der Waals surface area contributed by atoms with Gasteiger partial charge >= 0.3 is 0 Å². The molecule has 24 heavy (non-hydrogen) atoms. The van der Waals surface area contributed by atoms with Crippen LogP contribution in [0, 0.1) is 0 Å². The van der Waals surface area contributed by atoms with Crippen molar-refractivity contribution < 1.29 is 4.79 Å².